The number of methoxy groups -OCH3 is 1. The molecule has 0 aliphatic carbocycles. The smallest absolute Gasteiger partial charge is 0.325 e. The van der Waals surface area contributed by atoms with E-state index in [4.69, 9.17) is 4.74 Å². The number of hydrogen-bond donors (Lipinski definition) is 0. The van der Waals surface area contributed by atoms with E-state index in [0.717, 1.165) is 24.5 Å². The molecule has 0 unspecified atom stereocenters. The molecule has 2 amide bonds. The van der Waals surface area contributed by atoms with Gasteiger partial charge in [0.25, 0.3) is 0 Å². The summed E-state index contributed by atoms with van der Waals surface area (Å²) < 4.78 is 5.12. The van der Waals surface area contributed by atoms with Crippen LogP contribution < -0.4 is 9.64 Å². The first-order valence-electron chi connectivity index (χ1n) is 6.16. The summed E-state index contributed by atoms with van der Waals surface area (Å²) in [5, 5.41) is 0. The zero-order chi connectivity index (χ0) is 13.3. The van der Waals surface area contributed by atoms with Crippen LogP contribution in [0.1, 0.15) is 20.8 Å². The molecule has 4 heteroatoms. The summed E-state index contributed by atoms with van der Waals surface area (Å²) in [6, 6.07) is 7.67. The van der Waals surface area contributed by atoms with Crippen LogP contribution in [0.3, 0.4) is 0 Å². The Bertz CT molecular complexity index is 434. The highest BCUT2D eigenvalue weighted by Crippen LogP contribution is 2.26. The molecule has 1 aromatic carbocycles. The van der Waals surface area contributed by atoms with Crippen molar-refractivity contribution in [3.05, 3.63) is 24.3 Å². The maximum absolute atomic E-state index is 12.3. The number of nitrogens with zero attached hydrogens (tertiary/aromatic N) is 2. The van der Waals surface area contributed by atoms with Gasteiger partial charge in [0.2, 0.25) is 0 Å². The minimum atomic E-state index is -0.127. The van der Waals surface area contributed by atoms with Crippen LogP contribution in [0, 0.1) is 0 Å². The van der Waals surface area contributed by atoms with Gasteiger partial charge in [0, 0.05) is 24.3 Å². The molecule has 4 nitrogen and oxygen atoms in total. The maximum Gasteiger partial charge on any atom is 0.325 e. The number of ether oxygens (including phenoxy) is 1. The summed E-state index contributed by atoms with van der Waals surface area (Å²) in [6.45, 7) is 7.68. The zero-order valence-corrected chi connectivity index (χ0v) is 11.4. The van der Waals surface area contributed by atoms with Gasteiger partial charge in [0.05, 0.1) is 7.11 Å². The molecule has 0 N–H and O–H groups in total. The van der Waals surface area contributed by atoms with Gasteiger partial charge >= 0.3 is 6.03 Å². The largest absolute Gasteiger partial charge is 0.497 e. The summed E-state index contributed by atoms with van der Waals surface area (Å²) in [7, 11) is 1.64. The lowest BCUT2D eigenvalue weighted by Gasteiger charge is -2.31. The third-order valence-electron chi connectivity index (χ3n) is 3.20. The normalized spacial score (nSPS) is 16.3. The van der Waals surface area contributed by atoms with Crippen molar-refractivity contribution in [1.82, 2.24) is 4.90 Å². The van der Waals surface area contributed by atoms with Crippen LogP contribution in [0.4, 0.5) is 10.5 Å². The summed E-state index contributed by atoms with van der Waals surface area (Å²) >= 11 is 0. The second-order valence-corrected chi connectivity index (χ2v) is 5.45. The van der Waals surface area contributed by atoms with Crippen molar-refractivity contribution < 1.29 is 9.53 Å². The van der Waals surface area contributed by atoms with Crippen LogP contribution in [0.15, 0.2) is 24.3 Å². The first kappa shape index (κ1) is 12.7. The zero-order valence-electron chi connectivity index (χ0n) is 11.4. The Morgan fingerprint density at radius 2 is 1.72 bits per heavy atom. The van der Waals surface area contributed by atoms with Crippen molar-refractivity contribution in [2.45, 2.75) is 26.3 Å². The second kappa shape index (κ2) is 4.52. The van der Waals surface area contributed by atoms with Gasteiger partial charge in [-0.05, 0) is 45.0 Å². The Balaban J connectivity index is 2.18. The molecule has 1 fully saturated rings. The molecule has 0 bridgehead atoms. The van der Waals surface area contributed by atoms with Gasteiger partial charge in [0.15, 0.2) is 0 Å². The number of rotatable bonds is 2. The van der Waals surface area contributed by atoms with E-state index < -0.39 is 0 Å². The van der Waals surface area contributed by atoms with E-state index in [1.54, 1.807) is 7.11 Å². The Kier molecular flexibility index (Phi) is 3.20. The number of hydrogen-bond acceptors (Lipinski definition) is 2. The van der Waals surface area contributed by atoms with Crippen molar-refractivity contribution in [2.75, 3.05) is 25.1 Å². The van der Waals surface area contributed by atoms with E-state index >= 15 is 0 Å². The first-order valence-corrected chi connectivity index (χ1v) is 6.16. The standard InChI is InChI=1S/C14H20N2O2/c1-14(2,3)16-10-9-15(13(16)17)11-5-7-12(18-4)8-6-11/h5-8H,9-10H2,1-4H3. The third kappa shape index (κ3) is 2.28. The lowest BCUT2D eigenvalue weighted by molar-refractivity contribution is 0.173. The number of urea groups is 1. The molecular weight excluding hydrogens is 228 g/mol. The van der Waals surface area contributed by atoms with Crippen molar-refractivity contribution in [2.24, 2.45) is 0 Å². The average Bonchev–Trinajstić information content (AvgIpc) is 2.71. The summed E-state index contributed by atoms with van der Waals surface area (Å²) in [4.78, 5) is 16.0. The molecular formula is C14H20N2O2. The van der Waals surface area contributed by atoms with Crippen molar-refractivity contribution in [3.8, 4) is 5.75 Å². The summed E-state index contributed by atoms with van der Waals surface area (Å²) in [5.41, 5.74) is 0.797. The minimum Gasteiger partial charge on any atom is -0.497 e. The molecule has 1 aliphatic rings. The minimum absolute atomic E-state index is 0.0765. The van der Waals surface area contributed by atoms with Crippen molar-refractivity contribution in [3.63, 3.8) is 0 Å². The molecule has 1 aromatic rings. The van der Waals surface area contributed by atoms with Crippen LogP contribution in [-0.2, 0) is 0 Å². The number of carbonyl (C=O) groups is 1. The Labute approximate surface area is 108 Å². The molecule has 0 spiro atoms. The SMILES string of the molecule is COc1ccc(N2CCN(C(C)(C)C)C2=O)cc1. The second-order valence-electron chi connectivity index (χ2n) is 5.45. The molecule has 0 aromatic heterocycles. The Hall–Kier alpha value is -1.71. The van der Waals surface area contributed by atoms with Gasteiger partial charge in [-0.2, -0.15) is 0 Å². The fourth-order valence-electron chi connectivity index (χ4n) is 2.16. The lowest BCUT2D eigenvalue weighted by atomic mass is 10.1. The van der Waals surface area contributed by atoms with Gasteiger partial charge < -0.3 is 9.64 Å². The van der Waals surface area contributed by atoms with Crippen molar-refractivity contribution >= 4 is 11.7 Å². The average molecular weight is 248 g/mol. The van der Waals surface area contributed by atoms with E-state index in [1.165, 1.54) is 0 Å². The Morgan fingerprint density at radius 3 is 2.17 bits per heavy atom. The lowest BCUT2D eigenvalue weighted by Crippen LogP contribution is -2.44. The third-order valence-corrected chi connectivity index (χ3v) is 3.20. The van der Waals surface area contributed by atoms with E-state index in [0.29, 0.717) is 0 Å². The van der Waals surface area contributed by atoms with Gasteiger partial charge in [0.1, 0.15) is 5.75 Å². The maximum atomic E-state index is 12.3. The highest BCUT2D eigenvalue weighted by atomic mass is 16.5. The van der Waals surface area contributed by atoms with Crippen LogP contribution in [0.25, 0.3) is 0 Å². The first-order chi connectivity index (χ1) is 8.43. The highest BCUT2D eigenvalue weighted by molar-refractivity contribution is 5.94. The summed E-state index contributed by atoms with van der Waals surface area (Å²) in [6.07, 6.45) is 0. The van der Waals surface area contributed by atoms with Gasteiger partial charge in [-0.15, -0.1) is 0 Å². The Morgan fingerprint density at radius 1 is 1.11 bits per heavy atom. The van der Waals surface area contributed by atoms with Crippen molar-refractivity contribution in [1.29, 1.82) is 0 Å². The molecule has 0 atom stereocenters. The fourth-order valence-corrected chi connectivity index (χ4v) is 2.16. The van der Waals surface area contributed by atoms with E-state index in [-0.39, 0.29) is 11.6 Å². The number of amides is 2. The number of carbonyl (C=O) groups excluding carboxylic acids is 1. The van der Waals surface area contributed by atoms with E-state index in [1.807, 2.05) is 34.1 Å². The number of benzene rings is 1. The topological polar surface area (TPSA) is 32.8 Å². The van der Waals surface area contributed by atoms with Crippen LogP contribution in [0.2, 0.25) is 0 Å². The van der Waals surface area contributed by atoms with E-state index in [2.05, 4.69) is 20.8 Å². The predicted octanol–water partition coefficient (Wildman–Crippen LogP) is 2.74. The molecule has 1 heterocycles. The van der Waals surface area contributed by atoms with E-state index in [9.17, 15) is 4.79 Å². The molecule has 0 saturated carbocycles. The van der Waals surface area contributed by atoms with Crippen LogP contribution >= 0.6 is 0 Å². The van der Waals surface area contributed by atoms with Gasteiger partial charge in [-0.25, -0.2) is 4.79 Å². The molecule has 18 heavy (non-hydrogen) atoms. The molecule has 98 valence electrons. The fraction of sp³-hybridized carbons (Fsp3) is 0.500. The van der Waals surface area contributed by atoms with Gasteiger partial charge in [-0.3, -0.25) is 4.90 Å². The quantitative estimate of drug-likeness (QED) is 0.806. The monoisotopic (exact) mass is 248 g/mol. The highest BCUT2D eigenvalue weighted by Gasteiger charge is 2.36. The molecule has 2 rings (SSSR count). The van der Waals surface area contributed by atoms with Crippen LogP contribution in [0.5, 0.6) is 5.75 Å². The van der Waals surface area contributed by atoms with Gasteiger partial charge in [-0.1, -0.05) is 0 Å². The van der Waals surface area contributed by atoms with Crippen LogP contribution in [-0.4, -0.2) is 36.7 Å². The number of anilines is 1. The summed E-state index contributed by atoms with van der Waals surface area (Å²) in [5.74, 6) is 0.804. The molecule has 0 radical (unpaired) electrons. The molecule has 1 saturated heterocycles. The molecule has 1 aliphatic heterocycles. The predicted molar refractivity (Wildman–Crippen MR) is 72.2 cm³/mol.